The highest BCUT2D eigenvalue weighted by atomic mass is 19.1. The van der Waals surface area contributed by atoms with Gasteiger partial charge >= 0.3 is 0 Å². The topological polar surface area (TPSA) is 32.8 Å². The molecule has 0 aromatic heterocycles. The van der Waals surface area contributed by atoms with Crippen LogP contribution in [0.5, 0.6) is 5.75 Å². The largest absolute Gasteiger partial charge is 0.493 e. The minimum Gasteiger partial charge on any atom is -0.493 e. The molecular formula is C23H37FN2O2. The number of carbonyl (C=O) groups is 1. The Morgan fingerprint density at radius 2 is 2.00 bits per heavy atom. The van der Waals surface area contributed by atoms with Crippen LogP contribution in [-0.2, 0) is 11.3 Å². The lowest BCUT2D eigenvalue weighted by molar-refractivity contribution is -0.140. The molecule has 2 rings (SSSR count). The Balaban J connectivity index is 1.76. The van der Waals surface area contributed by atoms with Crippen molar-refractivity contribution in [1.29, 1.82) is 0 Å². The van der Waals surface area contributed by atoms with E-state index in [9.17, 15) is 9.18 Å². The molecule has 1 amide bonds. The van der Waals surface area contributed by atoms with Crippen molar-refractivity contribution in [3.05, 3.63) is 29.6 Å². The van der Waals surface area contributed by atoms with Crippen LogP contribution in [0, 0.1) is 23.1 Å². The Kier molecular flexibility index (Phi) is 7.87. The van der Waals surface area contributed by atoms with E-state index in [1.807, 2.05) is 18.0 Å². The summed E-state index contributed by atoms with van der Waals surface area (Å²) in [5.41, 5.74) is 0.880. The van der Waals surface area contributed by atoms with E-state index in [-0.39, 0.29) is 23.1 Å². The fourth-order valence-corrected chi connectivity index (χ4v) is 3.18. The van der Waals surface area contributed by atoms with Crippen LogP contribution in [0.3, 0.4) is 0 Å². The van der Waals surface area contributed by atoms with Gasteiger partial charge < -0.3 is 9.64 Å². The minimum atomic E-state index is -0.237. The van der Waals surface area contributed by atoms with Gasteiger partial charge in [-0.15, -0.1) is 0 Å². The van der Waals surface area contributed by atoms with Crippen molar-refractivity contribution in [2.75, 3.05) is 33.3 Å². The second-order valence-electron chi connectivity index (χ2n) is 9.75. The van der Waals surface area contributed by atoms with Crippen molar-refractivity contribution >= 4 is 5.91 Å². The van der Waals surface area contributed by atoms with E-state index in [0.29, 0.717) is 43.5 Å². The molecule has 28 heavy (non-hydrogen) atoms. The van der Waals surface area contributed by atoms with Gasteiger partial charge in [0.25, 0.3) is 0 Å². The van der Waals surface area contributed by atoms with E-state index in [0.717, 1.165) is 19.4 Å². The fraction of sp³-hybridized carbons (Fsp3) is 0.696. The summed E-state index contributed by atoms with van der Waals surface area (Å²) in [4.78, 5) is 16.5. The molecule has 1 aromatic rings. The Morgan fingerprint density at radius 1 is 1.32 bits per heavy atom. The number of halogens is 1. The van der Waals surface area contributed by atoms with E-state index in [2.05, 4.69) is 39.5 Å². The fourth-order valence-electron chi connectivity index (χ4n) is 3.18. The number of amides is 1. The zero-order valence-electron chi connectivity index (χ0n) is 18.4. The zero-order valence-corrected chi connectivity index (χ0v) is 18.4. The van der Waals surface area contributed by atoms with E-state index in [1.165, 1.54) is 6.07 Å². The molecule has 0 N–H and O–H groups in total. The molecule has 0 atom stereocenters. The first-order chi connectivity index (χ1) is 13.0. The number of rotatable bonds is 9. The molecule has 1 fully saturated rings. The second kappa shape index (κ2) is 9.73. The van der Waals surface area contributed by atoms with Crippen molar-refractivity contribution < 1.29 is 13.9 Å². The van der Waals surface area contributed by atoms with Crippen molar-refractivity contribution in [2.24, 2.45) is 17.3 Å². The summed E-state index contributed by atoms with van der Waals surface area (Å²) < 4.78 is 20.0. The summed E-state index contributed by atoms with van der Waals surface area (Å²) in [6.45, 7) is 14.2. The van der Waals surface area contributed by atoms with Gasteiger partial charge in [-0.2, -0.15) is 0 Å². The molecular weight excluding hydrogens is 355 g/mol. The first kappa shape index (κ1) is 22.7. The number of hydrogen-bond acceptors (Lipinski definition) is 3. The lowest BCUT2D eigenvalue weighted by Crippen LogP contribution is -2.53. The first-order valence-electron chi connectivity index (χ1n) is 10.4. The van der Waals surface area contributed by atoms with Gasteiger partial charge in [0.2, 0.25) is 5.91 Å². The summed E-state index contributed by atoms with van der Waals surface area (Å²) in [5, 5.41) is 0. The van der Waals surface area contributed by atoms with Gasteiger partial charge in [-0.05, 0) is 30.2 Å². The Labute approximate surface area is 170 Å². The minimum absolute atomic E-state index is 0.0340. The summed E-state index contributed by atoms with van der Waals surface area (Å²) in [7, 11) is 1.88. The number of nitrogens with zero attached hydrogens (tertiary/aromatic N) is 2. The third-order valence-corrected chi connectivity index (χ3v) is 5.26. The third kappa shape index (κ3) is 7.08. The van der Waals surface area contributed by atoms with Gasteiger partial charge in [0.05, 0.1) is 12.5 Å². The van der Waals surface area contributed by atoms with Crippen molar-refractivity contribution in [3.8, 4) is 5.75 Å². The number of ether oxygens (including phenoxy) is 1. The van der Waals surface area contributed by atoms with Crippen molar-refractivity contribution in [2.45, 2.75) is 54.0 Å². The van der Waals surface area contributed by atoms with Crippen LogP contribution in [0.25, 0.3) is 0 Å². The van der Waals surface area contributed by atoms with Gasteiger partial charge in [0.15, 0.2) is 0 Å². The zero-order chi connectivity index (χ0) is 20.9. The van der Waals surface area contributed by atoms with Crippen LogP contribution in [0.4, 0.5) is 4.39 Å². The Morgan fingerprint density at radius 3 is 2.57 bits per heavy atom. The molecule has 1 aromatic carbocycles. The molecule has 0 spiro atoms. The summed E-state index contributed by atoms with van der Waals surface area (Å²) in [5.74, 6) is 1.15. The molecule has 4 nitrogen and oxygen atoms in total. The monoisotopic (exact) mass is 392 g/mol. The van der Waals surface area contributed by atoms with Crippen LogP contribution >= 0.6 is 0 Å². The van der Waals surface area contributed by atoms with Crippen LogP contribution in [0.15, 0.2) is 18.2 Å². The maximum Gasteiger partial charge on any atom is 0.228 e. The maximum absolute atomic E-state index is 14.4. The SMILES string of the molecule is CC(C)CCOc1ccc(CN2CC(C(=O)N(C)CCC(C)(C)C)C2)c(F)c1. The molecule has 1 aliphatic rings. The van der Waals surface area contributed by atoms with Gasteiger partial charge in [-0.1, -0.05) is 40.7 Å². The highest BCUT2D eigenvalue weighted by Gasteiger charge is 2.34. The van der Waals surface area contributed by atoms with E-state index in [4.69, 9.17) is 4.74 Å². The molecule has 0 aliphatic carbocycles. The van der Waals surface area contributed by atoms with Crippen LogP contribution in [0.1, 0.15) is 53.0 Å². The molecule has 1 heterocycles. The number of benzene rings is 1. The van der Waals surface area contributed by atoms with Crippen LogP contribution < -0.4 is 4.74 Å². The van der Waals surface area contributed by atoms with Gasteiger partial charge in [-0.3, -0.25) is 9.69 Å². The molecule has 0 bridgehead atoms. The van der Waals surface area contributed by atoms with Crippen molar-refractivity contribution in [1.82, 2.24) is 9.80 Å². The smallest absolute Gasteiger partial charge is 0.228 e. The molecule has 0 unspecified atom stereocenters. The quantitative estimate of drug-likeness (QED) is 0.617. The van der Waals surface area contributed by atoms with E-state index in [1.54, 1.807) is 6.07 Å². The lowest BCUT2D eigenvalue weighted by Gasteiger charge is -2.40. The average molecular weight is 393 g/mol. The molecule has 0 saturated carbocycles. The van der Waals surface area contributed by atoms with Gasteiger partial charge in [0.1, 0.15) is 11.6 Å². The average Bonchev–Trinajstić information content (AvgIpc) is 2.55. The lowest BCUT2D eigenvalue weighted by atomic mass is 9.91. The third-order valence-electron chi connectivity index (χ3n) is 5.26. The number of likely N-dealkylation sites (tertiary alicyclic amines) is 1. The maximum atomic E-state index is 14.4. The summed E-state index contributed by atoms with van der Waals surface area (Å²) in [6.07, 6.45) is 1.94. The molecule has 5 heteroatoms. The first-order valence-corrected chi connectivity index (χ1v) is 10.4. The highest BCUT2D eigenvalue weighted by Crippen LogP contribution is 2.25. The number of carbonyl (C=O) groups excluding carboxylic acids is 1. The Hall–Kier alpha value is -1.62. The Bertz CT molecular complexity index is 648. The summed E-state index contributed by atoms with van der Waals surface area (Å²) in [6, 6.07) is 5.10. The van der Waals surface area contributed by atoms with Gasteiger partial charge in [-0.25, -0.2) is 4.39 Å². The van der Waals surface area contributed by atoms with E-state index < -0.39 is 0 Å². The molecule has 1 aliphatic heterocycles. The second-order valence-corrected chi connectivity index (χ2v) is 9.75. The van der Waals surface area contributed by atoms with Crippen molar-refractivity contribution in [3.63, 3.8) is 0 Å². The normalized spacial score (nSPS) is 15.6. The van der Waals surface area contributed by atoms with E-state index >= 15 is 0 Å². The van der Waals surface area contributed by atoms with Gasteiger partial charge in [0, 0.05) is 44.9 Å². The summed E-state index contributed by atoms with van der Waals surface area (Å²) >= 11 is 0. The number of hydrogen-bond donors (Lipinski definition) is 0. The predicted octanol–water partition coefficient (Wildman–Crippen LogP) is 4.58. The molecule has 1 saturated heterocycles. The predicted molar refractivity (Wildman–Crippen MR) is 112 cm³/mol. The van der Waals surface area contributed by atoms with Crippen LogP contribution in [0.2, 0.25) is 0 Å². The molecule has 0 radical (unpaired) electrons. The highest BCUT2D eigenvalue weighted by molar-refractivity contribution is 5.79. The molecule has 158 valence electrons. The standard InChI is InChI=1S/C23H37FN2O2/c1-17(2)9-12-28-20-8-7-18(21(24)13-20)14-26-15-19(16-26)22(27)25(6)11-10-23(3,4)5/h7-8,13,17,19H,9-12,14-16H2,1-6H3. The van der Waals surface area contributed by atoms with Crippen LogP contribution in [-0.4, -0.2) is 49.0 Å².